The Kier molecular flexibility index (Phi) is 2.46. The summed E-state index contributed by atoms with van der Waals surface area (Å²) in [5, 5.41) is 0. The molecule has 2 N–H and O–H groups in total. The molecule has 0 radical (unpaired) electrons. The molecule has 1 saturated carbocycles. The number of amidine groups is 1. The average molecular weight is 229 g/mol. The van der Waals surface area contributed by atoms with Crippen molar-refractivity contribution in [1.82, 2.24) is 0 Å². The first-order valence-corrected chi connectivity index (χ1v) is 6.72. The van der Waals surface area contributed by atoms with Gasteiger partial charge in [0.2, 0.25) is 0 Å². The van der Waals surface area contributed by atoms with Crippen LogP contribution in [0.25, 0.3) is 0 Å². The van der Waals surface area contributed by atoms with Crippen molar-refractivity contribution in [3.8, 4) is 0 Å². The number of rotatable bonds is 0. The molecule has 0 bridgehead atoms. The van der Waals surface area contributed by atoms with Gasteiger partial charge in [0.1, 0.15) is 5.69 Å². The molecule has 90 valence electrons. The Balaban J connectivity index is 2.16. The topological polar surface area (TPSA) is 29.0 Å². The van der Waals surface area contributed by atoms with Crippen molar-refractivity contribution in [3.63, 3.8) is 0 Å². The van der Waals surface area contributed by atoms with Crippen LogP contribution >= 0.6 is 0 Å². The summed E-state index contributed by atoms with van der Waals surface area (Å²) in [5.41, 5.74) is 9.36. The van der Waals surface area contributed by atoms with E-state index in [1.807, 2.05) is 0 Å². The fraction of sp³-hybridized carbons (Fsp3) is 0.533. The maximum absolute atomic E-state index is 6.45. The first-order valence-electron chi connectivity index (χ1n) is 6.72. The van der Waals surface area contributed by atoms with Crippen molar-refractivity contribution >= 4 is 11.5 Å². The van der Waals surface area contributed by atoms with E-state index in [4.69, 9.17) is 5.73 Å². The number of nitrogens with two attached hydrogens (primary N) is 1. The third kappa shape index (κ3) is 1.43. The van der Waals surface area contributed by atoms with Crippen LogP contribution in [0.15, 0.2) is 24.3 Å². The molecule has 0 amide bonds. The largest absolute Gasteiger partial charge is 0.290 e. The van der Waals surface area contributed by atoms with Gasteiger partial charge < -0.3 is 0 Å². The van der Waals surface area contributed by atoms with Crippen LogP contribution in [0.4, 0.5) is 5.69 Å². The van der Waals surface area contributed by atoms with Gasteiger partial charge >= 0.3 is 0 Å². The zero-order chi connectivity index (χ0) is 11.9. The monoisotopic (exact) mass is 229 g/mol. The molecule has 1 aromatic carbocycles. The molecule has 1 aliphatic carbocycles. The van der Waals surface area contributed by atoms with Gasteiger partial charge in [-0.05, 0) is 18.9 Å². The molecule has 2 aliphatic rings. The number of benzene rings is 1. The molecule has 1 aliphatic heterocycles. The maximum atomic E-state index is 6.45. The van der Waals surface area contributed by atoms with Gasteiger partial charge in [0.15, 0.2) is 0 Å². The van der Waals surface area contributed by atoms with Crippen LogP contribution in [0.5, 0.6) is 0 Å². The van der Waals surface area contributed by atoms with Crippen molar-refractivity contribution < 1.29 is 4.58 Å². The fourth-order valence-electron chi connectivity index (χ4n) is 3.62. The molecule has 1 aromatic rings. The third-order valence-electron chi connectivity index (χ3n) is 4.59. The molecule has 2 heteroatoms. The van der Waals surface area contributed by atoms with E-state index in [0.29, 0.717) is 0 Å². The number of fused-ring (bicyclic) bond motifs is 2. The van der Waals surface area contributed by atoms with E-state index >= 15 is 0 Å². The summed E-state index contributed by atoms with van der Waals surface area (Å²) >= 11 is 0. The minimum absolute atomic E-state index is 0.141. The van der Waals surface area contributed by atoms with Crippen LogP contribution < -0.4 is 5.73 Å². The lowest BCUT2D eigenvalue weighted by Gasteiger charge is -2.24. The molecule has 1 fully saturated rings. The van der Waals surface area contributed by atoms with Crippen LogP contribution in [0.1, 0.15) is 44.1 Å². The van der Waals surface area contributed by atoms with E-state index in [9.17, 15) is 0 Å². The Morgan fingerprint density at radius 2 is 1.71 bits per heavy atom. The molecule has 0 atom stereocenters. The van der Waals surface area contributed by atoms with E-state index in [1.54, 1.807) is 0 Å². The predicted molar refractivity (Wildman–Crippen MR) is 70.9 cm³/mol. The molecule has 1 spiro atoms. The Bertz CT molecular complexity index is 466. The van der Waals surface area contributed by atoms with Gasteiger partial charge in [-0.3, -0.25) is 5.73 Å². The molecule has 0 saturated heterocycles. The summed E-state index contributed by atoms with van der Waals surface area (Å²) in [7, 11) is 2.10. The molecule has 2 nitrogen and oxygen atoms in total. The number of para-hydroxylation sites is 1. The van der Waals surface area contributed by atoms with E-state index < -0.39 is 0 Å². The molecule has 0 aromatic heterocycles. The van der Waals surface area contributed by atoms with Crippen molar-refractivity contribution in [1.29, 1.82) is 0 Å². The summed E-state index contributed by atoms with van der Waals surface area (Å²) in [6.07, 6.45) is 7.79. The van der Waals surface area contributed by atoms with Crippen molar-refractivity contribution in [2.75, 3.05) is 7.05 Å². The van der Waals surface area contributed by atoms with Crippen molar-refractivity contribution in [3.05, 3.63) is 29.8 Å². The second-order valence-corrected chi connectivity index (χ2v) is 5.46. The third-order valence-corrected chi connectivity index (χ3v) is 4.59. The highest BCUT2D eigenvalue weighted by molar-refractivity contribution is 5.92. The zero-order valence-corrected chi connectivity index (χ0v) is 10.6. The van der Waals surface area contributed by atoms with Gasteiger partial charge in [-0.1, -0.05) is 43.9 Å². The summed E-state index contributed by atoms with van der Waals surface area (Å²) < 4.78 is 2.20. The smallest absolute Gasteiger partial charge is 0.258 e. The number of hydrogen-bond acceptors (Lipinski definition) is 1. The van der Waals surface area contributed by atoms with Gasteiger partial charge in [-0.15, -0.1) is 0 Å². The first-order chi connectivity index (χ1) is 8.26. The number of hydrogen-bond donors (Lipinski definition) is 1. The molecular weight excluding hydrogens is 208 g/mol. The van der Waals surface area contributed by atoms with Gasteiger partial charge in [0.05, 0.1) is 12.5 Å². The van der Waals surface area contributed by atoms with E-state index in [2.05, 4.69) is 35.9 Å². The zero-order valence-electron chi connectivity index (χ0n) is 10.6. The Labute approximate surface area is 103 Å². The van der Waals surface area contributed by atoms with Gasteiger partial charge in [0.25, 0.3) is 5.84 Å². The fourth-order valence-corrected chi connectivity index (χ4v) is 3.62. The Morgan fingerprint density at radius 3 is 2.41 bits per heavy atom. The second kappa shape index (κ2) is 3.86. The van der Waals surface area contributed by atoms with Gasteiger partial charge in [-0.25, -0.2) is 4.58 Å². The lowest BCUT2D eigenvalue weighted by Crippen LogP contribution is -2.40. The summed E-state index contributed by atoms with van der Waals surface area (Å²) in [6, 6.07) is 8.73. The maximum Gasteiger partial charge on any atom is 0.258 e. The van der Waals surface area contributed by atoms with Crippen LogP contribution in [0, 0.1) is 0 Å². The normalized spacial score (nSPS) is 22.6. The molecule has 17 heavy (non-hydrogen) atoms. The Hall–Kier alpha value is -1.31. The quantitative estimate of drug-likeness (QED) is 0.681. The second-order valence-electron chi connectivity index (χ2n) is 5.46. The minimum Gasteiger partial charge on any atom is -0.290 e. The molecule has 1 heterocycles. The van der Waals surface area contributed by atoms with Crippen LogP contribution in [0.2, 0.25) is 0 Å². The van der Waals surface area contributed by atoms with E-state index in [1.165, 1.54) is 49.8 Å². The van der Waals surface area contributed by atoms with Crippen molar-refractivity contribution in [2.45, 2.75) is 43.9 Å². The molecule has 3 rings (SSSR count). The van der Waals surface area contributed by atoms with Crippen LogP contribution in [-0.2, 0) is 5.41 Å². The Morgan fingerprint density at radius 1 is 1.06 bits per heavy atom. The highest BCUT2D eigenvalue weighted by Crippen LogP contribution is 2.46. The van der Waals surface area contributed by atoms with Crippen LogP contribution in [-0.4, -0.2) is 17.5 Å². The summed E-state index contributed by atoms with van der Waals surface area (Å²) in [5.74, 6) is 1.07. The van der Waals surface area contributed by atoms with Crippen LogP contribution in [0.3, 0.4) is 0 Å². The first kappa shape index (κ1) is 10.8. The highest BCUT2D eigenvalue weighted by atomic mass is 15.1. The van der Waals surface area contributed by atoms with Crippen molar-refractivity contribution in [2.24, 2.45) is 5.73 Å². The average Bonchev–Trinajstić information content (AvgIpc) is 2.57. The minimum atomic E-state index is 0.141. The van der Waals surface area contributed by atoms with E-state index in [0.717, 1.165) is 5.84 Å². The predicted octanol–water partition coefficient (Wildman–Crippen LogP) is 2.92. The van der Waals surface area contributed by atoms with E-state index in [-0.39, 0.29) is 5.41 Å². The lowest BCUT2D eigenvalue weighted by molar-refractivity contribution is -0.403. The van der Waals surface area contributed by atoms with Gasteiger partial charge in [-0.2, -0.15) is 0 Å². The number of nitrogens with zero attached hydrogens (tertiary/aromatic N) is 1. The standard InChI is InChI=1S/C15H20N2/c1-17-13-9-5-4-8-12(13)15(14(17)16)10-6-2-3-7-11-15/h4-5,8-9,16H,2-3,6-7,10-11H2,1H3/p+1. The summed E-state index contributed by atoms with van der Waals surface area (Å²) in [6.45, 7) is 0. The van der Waals surface area contributed by atoms with Gasteiger partial charge in [0, 0.05) is 5.56 Å². The summed E-state index contributed by atoms with van der Waals surface area (Å²) in [4.78, 5) is 0. The SMILES string of the molecule is C[N+]1=C(N)C2(CCCCCC2)c2ccccc21. The highest BCUT2D eigenvalue weighted by Gasteiger charge is 2.48. The lowest BCUT2D eigenvalue weighted by atomic mass is 9.74. The molecular formula is C15H21N2+. The molecule has 0 unspecified atom stereocenters.